The minimum atomic E-state index is -0.232. The van der Waals surface area contributed by atoms with Gasteiger partial charge >= 0.3 is 0 Å². The highest BCUT2D eigenvalue weighted by Gasteiger charge is 1.99. The van der Waals surface area contributed by atoms with Crippen molar-refractivity contribution in [3.05, 3.63) is 70.5 Å². The van der Waals surface area contributed by atoms with E-state index in [-0.39, 0.29) is 29.8 Å². The van der Waals surface area contributed by atoms with Crippen LogP contribution in [0, 0.1) is 5.82 Å². The topological polar surface area (TPSA) is 36.4 Å². The van der Waals surface area contributed by atoms with Gasteiger partial charge in [0.05, 0.1) is 0 Å². The minimum Gasteiger partial charge on any atom is -0.352 e. The lowest BCUT2D eigenvalue weighted by atomic mass is 10.2. The maximum Gasteiger partial charge on any atom is 0.191 e. The minimum absolute atomic E-state index is 0. The first kappa shape index (κ1) is 18.7. The van der Waals surface area contributed by atoms with E-state index in [1.807, 2.05) is 24.3 Å². The van der Waals surface area contributed by atoms with E-state index in [0.29, 0.717) is 19.0 Å². The molecule has 0 aromatic heterocycles. The Labute approximate surface area is 152 Å². The summed E-state index contributed by atoms with van der Waals surface area (Å²) in [5.74, 6) is 0.457. The molecule has 0 saturated heterocycles. The Morgan fingerprint density at radius 2 is 1.41 bits per heavy atom. The molecule has 22 heavy (non-hydrogen) atoms. The molecule has 0 unspecified atom stereocenters. The molecular weight excluding hydrogens is 416 g/mol. The van der Waals surface area contributed by atoms with Gasteiger partial charge in [0, 0.05) is 25.2 Å². The Morgan fingerprint density at radius 1 is 0.955 bits per heavy atom. The van der Waals surface area contributed by atoms with Gasteiger partial charge in [-0.15, -0.1) is 24.0 Å². The maximum absolute atomic E-state index is 12.8. The van der Waals surface area contributed by atoms with Gasteiger partial charge in [0.2, 0.25) is 0 Å². The van der Waals surface area contributed by atoms with Gasteiger partial charge in [-0.05, 0) is 35.4 Å². The number of hydrogen-bond donors (Lipinski definition) is 2. The Morgan fingerprint density at radius 3 is 1.86 bits per heavy atom. The van der Waals surface area contributed by atoms with Crippen LogP contribution in [0.2, 0.25) is 5.02 Å². The van der Waals surface area contributed by atoms with E-state index >= 15 is 0 Å². The normalized spacial score (nSPS) is 10.8. The lowest BCUT2D eigenvalue weighted by molar-refractivity contribution is 0.626. The second-order valence-electron chi connectivity index (χ2n) is 4.53. The first-order chi connectivity index (χ1) is 10.2. The van der Waals surface area contributed by atoms with E-state index in [2.05, 4.69) is 15.6 Å². The monoisotopic (exact) mass is 433 g/mol. The molecule has 2 rings (SSSR count). The standard InChI is InChI=1S/C16H17ClFN3.HI/c1-19-16(20-10-12-2-6-14(17)7-3-12)21-11-13-4-8-15(18)9-5-13;/h2-9H,10-11H2,1H3,(H2,19,20,21);1H. The first-order valence-corrected chi connectivity index (χ1v) is 6.98. The molecular formula is C16H18ClFIN3. The zero-order valence-electron chi connectivity index (χ0n) is 12.1. The number of halogens is 3. The molecule has 0 spiro atoms. The Kier molecular flexibility index (Phi) is 8.19. The first-order valence-electron chi connectivity index (χ1n) is 6.61. The summed E-state index contributed by atoms with van der Waals surface area (Å²) in [4.78, 5) is 4.15. The number of nitrogens with zero attached hydrogens (tertiary/aromatic N) is 1. The lowest BCUT2D eigenvalue weighted by Gasteiger charge is -2.12. The highest BCUT2D eigenvalue weighted by molar-refractivity contribution is 14.0. The average Bonchev–Trinajstić information content (AvgIpc) is 2.51. The van der Waals surface area contributed by atoms with Crippen LogP contribution in [0.1, 0.15) is 11.1 Å². The summed E-state index contributed by atoms with van der Waals surface area (Å²) in [5, 5.41) is 7.11. The molecule has 0 aliphatic carbocycles. The van der Waals surface area contributed by atoms with Gasteiger partial charge in [-0.2, -0.15) is 0 Å². The molecule has 0 saturated carbocycles. The van der Waals surface area contributed by atoms with Crippen molar-refractivity contribution in [3.8, 4) is 0 Å². The fraction of sp³-hybridized carbons (Fsp3) is 0.188. The molecule has 0 heterocycles. The lowest BCUT2D eigenvalue weighted by Crippen LogP contribution is -2.36. The third-order valence-electron chi connectivity index (χ3n) is 2.97. The van der Waals surface area contributed by atoms with Crippen molar-refractivity contribution in [1.29, 1.82) is 0 Å². The molecule has 0 aliphatic heterocycles. The number of rotatable bonds is 4. The van der Waals surface area contributed by atoms with Crippen LogP contribution in [0.3, 0.4) is 0 Å². The molecule has 0 radical (unpaired) electrons. The van der Waals surface area contributed by atoms with Gasteiger partial charge < -0.3 is 10.6 Å². The van der Waals surface area contributed by atoms with Crippen molar-refractivity contribution in [3.63, 3.8) is 0 Å². The number of hydrogen-bond acceptors (Lipinski definition) is 1. The third kappa shape index (κ3) is 6.19. The molecule has 6 heteroatoms. The molecule has 2 aromatic carbocycles. The van der Waals surface area contributed by atoms with Gasteiger partial charge in [-0.3, -0.25) is 4.99 Å². The second-order valence-corrected chi connectivity index (χ2v) is 4.97. The van der Waals surface area contributed by atoms with E-state index in [0.717, 1.165) is 16.1 Å². The van der Waals surface area contributed by atoms with Crippen molar-refractivity contribution in [2.45, 2.75) is 13.1 Å². The van der Waals surface area contributed by atoms with E-state index in [1.165, 1.54) is 12.1 Å². The van der Waals surface area contributed by atoms with Crippen molar-refractivity contribution in [2.24, 2.45) is 4.99 Å². The smallest absolute Gasteiger partial charge is 0.191 e. The Hall–Kier alpha value is -1.34. The summed E-state index contributed by atoms with van der Waals surface area (Å²) in [7, 11) is 1.71. The van der Waals surface area contributed by atoms with Crippen LogP contribution in [0.4, 0.5) is 4.39 Å². The van der Waals surface area contributed by atoms with Gasteiger partial charge in [0.25, 0.3) is 0 Å². The van der Waals surface area contributed by atoms with Gasteiger partial charge in [-0.25, -0.2) is 4.39 Å². The molecule has 0 fully saturated rings. The molecule has 0 amide bonds. The molecule has 3 nitrogen and oxygen atoms in total. The zero-order valence-corrected chi connectivity index (χ0v) is 15.2. The van der Waals surface area contributed by atoms with E-state index in [1.54, 1.807) is 19.2 Å². The zero-order chi connectivity index (χ0) is 15.1. The summed E-state index contributed by atoms with van der Waals surface area (Å²) in [6.07, 6.45) is 0. The largest absolute Gasteiger partial charge is 0.352 e. The van der Waals surface area contributed by atoms with Crippen LogP contribution in [0.15, 0.2) is 53.5 Å². The summed E-state index contributed by atoms with van der Waals surface area (Å²) < 4.78 is 12.8. The fourth-order valence-corrected chi connectivity index (χ4v) is 1.92. The van der Waals surface area contributed by atoms with Crippen LogP contribution in [0.25, 0.3) is 0 Å². The van der Waals surface area contributed by atoms with Crippen LogP contribution >= 0.6 is 35.6 Å². The predicted molar refractivity (Wildman–Crippen MR) is 100 cm³/mol. The highest BCUT2D eigenvalue weighted by atomic mass is 127. The quantitative estimate of drug-likeness (QED) is 0.435. The maximum atomic E-state index is 12.8. The van der Waals surface area contributed by atoms with E-state index in [4.69, 9.17) is 11.6 Å². The van der Waals surface area contributed by atoms with Crippen molar-refractivity contribution < 1.29 is 4.39 Å². The van der Waals surface area contributed by atoms with E-state index < -0.39 is 0 Å². The van der Waals surface area contributed by atoms with Crippen LogP contribution in [-0.4, -0.2) is 13.0 Å². The summed E-state index contributed by atoms with van der Waals surface area (Å²) in [6.45, 7) is 1.24. The van der Waals surface area contributed by atoms with Crippen molar-refractivity contribution in [1.82, 2.24) is 10.6 Å². The number of aliphatic imine (C=N–C) groups is 1. The Balaban J connectivity index is 0.00000242. The number of benzene rings is 2. The van der Waals surface area contributed by atoms with Crippen molar-refractivity contribution >= 4 is 41.5 Å². The highest BCUT2D eigenvalue weighted by Crippen LogP contribution is 2.09. The number of guanidine groups is 1. The van der Waals surface area contributed by atoms with Gasteiger partial charge in [-0.1, -0.05) is 35.9 Å². The van der Waals surface area contributed by atoms with Crippen LogP contribution in [0.5, 0.6) is 0 Å². The Bertz CT molecular complexity index is 548. The molecule has 118 valence electrons. The molecule has 0 atom stereocenters. The summed E-state index contributed by atoms with van der Waals surface area (Å²) >= 11 is 5.85. The number of nitrogens with one attached hydrogen (secondary N) is 2. The fourth-order valence-electron chi connectivity index (χ4n) is 1.80. The molecule has 0 bridgehead atoms. The molecule has 2 N–H and O–H groups in total. The summed E-state index contributed by atoms with van der Waals surface area (Å²) in [5.41, 5.74) is 2.11. The molecule has 2 aromatic rings. The van der Waals surface area contributed by atoms with Crippen LogP contribution < -0.4 is 10.6 Å². The van der Waals surface area contributed by atoms with Crippen LogP contribution in [-0.2, 0) is 13.1 Å². The third-order valence-corrected chi connectivity index (χ3v) is 3.22. The average molecular weight is 434 g/mol. The van der Waals surface area contributed by atoms with Gasteiger partial charge in [0.1, 0.15) is 5.82 Å². The predicted octanol–water partition coefficient (Wildman–Crippen LogP) is 3.96. The second kappa shape index (κ2) is 9.63. The van der Waals surface area contributed by atoms with Gasteiger partial charge in [0.15, 0.2) is 5.96 Å². The summed E-state index contributed by atoms with van der Waals surface area (Å²) in [6, 6.07) is 14.0. The molecule has 0 aliphatic rings. The van der Waals surface area contributed by atoms with Crippen molar-refractivity contribution in [2.75, 3.05) is 7.05 Å². The van der Waals surface area contributed by atoms with E-state index in [9.17, 15) is 4.39 Å². The SMILES string of the molecule is CN=C(NCc1ccc(F)cc1)NCc1ccc(Cl)cc1.I.